The zero-order valence-electron chi connectivity index (χ0n) is 21.0. The number of rotatable bonds is 6. The van der Waals surface area contributed by atoms with E-state index in [0.717, 1.165) is 30.0 Å². The van der Waals surface area contributed by atoms with Gasteiger partial charge in [-0.3, -0.25) is 20.5 Å². The second-order valence-electron chi connectivity index (χ2n) is 9.63. The highest BCUT2D eigenvalue weighted by Crippen LogP contribution is 2.39. The van der Waals surface area contributed by atoms with E-state index in [9.17, 15) is 9.59 Å². The van der Waals surface area contributed by atoms with Crippen LogP contribution in [0, 0.1) is 0 Å². The van der Waals surface area contributed by atoms with E-state index in [4.69, 9.17) is 9.47 Å². The van der Waals surface area contributed by atoms with E-state index >= 15 is 0 Å². The molecule has 192 valence electrons. The monoisotopic (exact) mass is 495 g/mol. The van der Waals surface area contributed by atoms with Crippen molar-refractivity contribution in [2.75, 3.05) is 51.8 Å². The summed E-state index contributed by atoms with van der Waals surface area (Å²) in [6, 6.07) is 7.62. The minimum atomic E-state index is -0.430. The van der Waals surface area contributed by atoms with E-state index in [0.29, 0.717) is 50.8 Å². The van der Waals surface area contributed by atoms with Gasteiger partial charge < -0.3 is 19.3 Å². The Hall–Kier alpha value is -3.44. The number of nitrogens with one attached hydrogen (secondary N) is 2. The second-order valence-corrected chi connectivity index (χ2v) is 9.63. The highest BCUT2D eigenvalue weighted by Gasteiger charge is 2.52. The molecule has 3 aliphatic rings. The van der Waals surface area contributed by atoms with E-state index in [1.807, 2.05) is 34.1 Å². The SMILES string of the molecule is COc1cccc(CN2C(=O)N(c3ncc(C4CNNC4)c(OC)n3)CC23CCN(C(C)=O)CC3)c1. The van der Waals surface area contributed by atoms with Crippen molar-refractivity contribution in [2.24, 2.45) is 0 Å². The van der Waals surface area contributed by atoms with Gasteiger partial charge in [-0.15, -0.1) is 0 Å². The van der Waals surface area contributed by atoms with Crippen molar-refractivity contribution in [1.82, 2.24) is 30.6 Å². The Kier molecular flexibility index (Phi) is 6.67. The Morgan fingerprint density at radius 1 is 1.17 bits per heavy atom. The maximum Gasteiger partial charge on any atom is 0.327 e. The number of hydrogen-bond acceptors (Lipinski definition) is 8. The van der Waals surface area contributed by atoms with Crippen LogP contribution in [-0.4, -0.2) is 84.2 Å². The number of carbonyl (C=O) groups is 2. The molecule has 3 saturated heterocycles. The van der Waals surface area contributed by atoms with Crippen molar-refractivity contribution in [2.45, 2.75) is 37.8 Å². The van der Waals surface area contributed by atoms with E-state index < -0.39 is 5.54 Å². The van der Waals surface area contributed by atoms with Gasteiger partial charge in [0.1, 0.15) is 5.75 Å². The molecular weight excluding hydrogens is 462 g/mol. The number of methoxy groups -OCH3 is 2. The average Bonchev–Trinajstić information content (AvgIpc) is 3.52. The molecule has 0 bridgehead atoms. The lowest BCUT2D eigenvalue weighted by Gasteiger charge is -2.43. The van der Waals surface area contributed by atoms with Crippen LogP contribution in [0.1, 0.15) is 36.8 Å². The fourth-order valence-corrected chi connectivity index (χ4v) is 5.43. The molecule has 1 spiro atoms. The molecule has 3 amide bonds. The molecule has 0 radical (unpaired) electrons. The van der Waals surface area contributed by atoms with Crippen LogP contribution in [0.25, 0.3) is 0 Å². The number of urea groups is 1. The van der Waals surface area contributed by atoms with Crippen molar-refractivity contribution >= 4 is 17.9 Å². The second kappa shape index (κ2) is 9.90. The van der Waals surface area contributed by atoms with Crippen LogP contribution in [-0.2, 0) is 11.3 Å². The lowest BCUT2D eigenvalue weighted by atomic mass is 9.86. The van der Waals surface area contributed by atoms with Gasteiger partial charge in [0.2, 0.25) is 17.7 Å². The molecule has 2 aromatic rings. The Balaban J connectivity index is 1.46. The summed E-state index contributed by atoms with van der Waals surface area (Å²) in [5, 5.41) is 0. The number of ether oxygens (including phenoxy) is 2. The quantitative estimate of drug-likeness (QED) is 0.620. The van der Waals surface area contributed by atoms with Gasteiger partial charge in [0.05, 0.1) is 26.3 Å². The number of likely N-dealkylation sites (tertiary alicyclic amines) is 1. The number of benzene rings is 1. The Morgan fingerprint density at radius 2 is 1.92 bits per heavy atom. The summed E-state index contributed by atoms with van der Waals surface area (Å²) in [5.41, 5.74) is 7.69. The first-order chi connectivity index (χ1) is 17.4. The number of hydrogen-bond donors (Lipinski definition) is 2. The normalized spacial score (nSPS) is 19.9. The first kappa shape index (κ1) is 24.3. The predicted molar refractivity (Wildman–Crippen MR) is 133 cm³/mol. The summed E-state index contributed by atoms with van der Waals surface area (Å²) in [5.74, 6) is 1.81. The lowest BCUT2D eigenvalue weighted by Crippen LogP contribution is -2.54. The van der Waals surface area contributed by atoms with Gasteiger partial charge in [-0.05, 0) is 30.5 Å². The molecular formula is C25H33N7O4. The van der Waals surface area contributed by atoms with E-state index in [-0.39, 0.29) is 17.9 Å². The predicted octanol–water partition coefficient (Wildman–Crippen LogP) is 1.51. The van der Waals surface area contributed by atoms with Crippen molar-refractivity contribution in [3.63, 3.8) is 0 Å². The molecule has 4 heterocycles. The van der Waals surface area contributed by atoms with Crippen molar-refractivity contribution in [3.05, 3.63) is 41.6 Å². The van der Waals surface area contributed by atoms with Crippen LogP contribution in [0.4, 0.5) is 10.7 Å². The molecule has 11 nitrogen and oxygen atoms in total. The maximum atomic E-state index is 13.9. The summed E-state index contributed by atoms with van der Waals surface area (Å²) < 4.78 is 11.0. The molecule has 1 aromatic carbocycles. The molecule has 0 saturated carbocycles. The smallest absolute Gasteiger partial charge is 0.327 e. The van der Waals surface area contributed by atoms with Crippen molar-refractivity contribution < 1.29 is 19.1 Å². The lowest BCUT2D eigenvalue weighted by molar-refractivity contribution is -0.131. The van der Waals surface area contributed by atoms with Gasteiger partial charge in [-0.25, -0.2) is 9.78 Å². The van der Waals surface area contributed by atoms with Gasteiger partial charge in [0.15, 0.2) is 0 Å². The molecule has 3 aliphatic heterocycles. The molecule has 3 fully saturated rings. The fraction of sp³-hybridized carbons (Fsp3) is 0.520. The Labute approximate surface area is 210 Å². The molecule has 1 aromatic heterocycles. The van der Waals surface area contributed by atoms with Gasteiger partial charge >= 0.3 is 6.03 Å². The van der Waals surface area contributed by atoms with Crippen LogP contribution in [0.5, 0.6) is 11.6 Å². The molecule has 11 heteroatoms. The molecule has 36 heavy (non-hydrogen) atoms. The zero-order chi connectivity index (χ0) is 25.3. The van der Waals surface area contributed by atoms with Crippen LogP contribution >= 0.6 is 0 Å². The zero-order valence-corrected chi connectivity index (χ0v) is 21.0. The maximum absolute atomic E-state index is 13.9. The summed E-state index contributed by atoms with van der Waals surface area (Å²) in [6.07, 6.45) is 3.14. The molecule has 2 N–H and O–H groups in total. The number of carbonyl (C=O) groups excluding carboxylic acids is 2. The topological polar surface area (TPSA) is 112 Å². The number of piperidine rings is 1. The number of aromatic nitrogens is 2. The van der Waals surface area contributed by atoms with Crippen molar-refractivity contribution in [3.8, 4) is 11.6 Å². The van der Waals surface area contributed by atoms with Crippen LogP contribution in [0.3, 0.4) is 0 Å². The average molecular weight is 496 g/mol. The third kappa shape index (κ3) is 4.44. The number of hydrazine groups is 1. The molecule has 5 rings (SSSR count). The first-order valence-electron chi connectivity index (χ1n) is 12.3. The van der Waals surface area contributed by atoms with Crippen LogP contribution in [0.15, 0.2) is 30.5 Å². The van der Waals surface area contributed by atoms with Gasteiger partial charge in [0.25, 0.3) is 0 Å². The van der Waals surface area contributed by atoms with E-state index in [2.05, 4.69) is 20.8 Å². The third-order valence-electron chi connectivity index (χ3n) is 7.57. The van der Waals surface area contributed by atoms with Crippen LogP contribution in [0.2, 0.25) is 0 Å². The minimum Gasteiger partial charge on any atom is -0.497 e. The molecule has 0 aliphatic carbocycles. The molecule has 0 atom stereocenters. The Bertz CT molecular complexity index is 1130. The van der Waals surface area contributed by atoms with Gasteiger partial charge in [-0.2, -0.15) is 4.98 Å². The van der Waals surface area contributed by atoms with Crippen LogP contribution < -0.4 is 25.2 Å². The number of nitrogens with zero attached hydrogens (tertiary/aromatic N) is 5. The highest BCUT2D eigenvalue weighted by molar-refractivity contribution is 5.94. The summed E-state index contributed by atoms with van der Waals surface area (Å²) in [7, 11) is 3.22. The Morgan fingerprint density at radius 3 is 2.58 bits per heavy atom. The summed E-state index contributed by atoms with van der Waals surface area (Å²) >= 11 is 0. The minimum absolute atomic E-state index is 0.0601. The van der Waals surface area contributed by atoms with E-state index in [1.54, 1.807) is 32.2 Å². The van der Waals surface area contributed by atoms with E-state index in [1.165, 1.54) is 0 Å². The van der Waals surface area contributed by atoms with Gasteiger partial charge in [0, 0.05) is 57.3 Å². The summed E-state index contributed by atoms with van der Waals surface area (Å²) in [6.45, 7) is 5.20. The first-order valence-corrected chi connectivity index (χ1v) is 12.3. The molecule has 0 unspecified atom stereocenters. The van der Waals surface area contributed by atoms with Gasteiger partial charge in [-0.1, -0.05) is 12.1 Å². The summed E-state index contributed by atoms with van der Waals surface area (Å²) in [4.78, 5) is 40.6. The van der Waals surface area contributed by atoms with Crippen molar-refractivity contribution in [1.29, 1.82) is 0 Å². The number of anilines is 1. The number of amides is 3. The standard InChI is InChI=1S/C25H33N7O4/c1-17(33)30-9-7-25(8-10-30)16-31(24(34)32(25)15-18-5-4-6-20(11-18)35-2)23-26-14-21(22(29-23)36-3)19-12-27-28-13-19/h4-6,11,14,19,27-28H,7-10,12-13,15-16H2,1-3H3. The third-order valence-corrected chi connectivity index (χ3v) is 7.57. The fourth-order valence-electron chi connectivity index (χ4n) is 5.43. The largest absolute Gasteiger partial charge is 0.497 e. The highest BCUT2D eigenvalue weighted by atomic mass is 16.5.